The van der Waals surface area contributed by atoms with Crippen LogP contribution >= 0.6 is 0 Å². The van der Waals surface area contributed by atoms with Gasteiger partial charge in [-0.2, -0.15) is 0 Å². The second-order valence-electron chi connectivity index (χ2n) is 5.96. The summed E-state index contributed by atoms with van der Waals surface area (Å²) in [4.78, 5) is 0. The maximum atomic E-state index is 9.89. The van der Waals surface area contributed by atoms with Gasteiger partial charge in [-0.25, -0.2) is 0 Å². The van der Waals surface area contributed by atoms with E-state index in [0.717, 1.165) is 24.8 Å². The summed E-state index contributed by atoms with van der Waals surface area (Å²) in [6, 6.07) is 8.33. The minimum absolute atomic E-state index is 0.0260. The molecule has 3 nitrogen and oxygen atoms in total. The molecule has 1 saturated heterocycles. The van der Waals surface area contributed by atoms with Gasteiger partial charge in [-0.3, -0.25) is 0 Å². The van der Waals surface area contributed by atoms with Gasteiger partial charge in [0.25, 0.3) is 0 Å². The van der Waals surface area contributed by atoms with Crippen molar-refractivity contribution in [3.05, 3.63) is 35.4 Å². The Balaban J connectivity index is 1.67. The van der Waals surface area contributed by atoms with Crippen LogP contribution in [0.15, 0.2) is 24.3 Å². The number of rotatable bonds is 3. The first-order chi connectivity index (χ1) is 8.46. The molecule has 0 radical (unpaired) electrons. The van der Waals surface area contributed by atoms with Gasteiger partial charge in [0.1, 0.15) is 6.10 Å². The molecule has 0 spiro atoms. The van der Waals surface area contributed by atoms with Crippen LogP contribution in [-0.2, 0) is 15.9 Å². The van der Waals surface area contributed by atoms with Crippen molar-refractivity contribution < 1.29 is 14.6 Å². The van der Waals surface area contributed by atoms with Crippen molar-refractivity contribution in [2.75, 3.05) is 6.61 Å². The minimum atomic E-state index is -0.480. The fraction of sp³-hybridized carbons (Fsp3) is 0.600. The topological polar surface area (TPSA) is 38.7 Å². The zero-order valence-electron chi connectivity index (χ0n) is 11.0. The fourth-order valence-corrected chi connectivity index (χ4v) is 2.40. The molecule has 18 heavy (non-hydrogen) atoms. The molecule has 1 aromatic rings. The summed E-state index contributed by atoms with van der Waals surface area (Å²) < 4.78 is 11.4. The van der Waals surface area contributed by atoms with E-state index < -0.39 is 11.4 Å². The molecule has 1 aliphatic carbocycles. The van der Waals surface area contributed by atoms with Crippen LogP contribution in [0.5, 0.6) is 0 Å². The summed E-state index contributed by atoms with van der Waals surface area (Å²) in [5.74, 6) is -0.480. The van der Waals surface area contributed by atoms with Crippen molar-refractivity contribution in [2.45, 2.75) is 50.6 Å². The molecular weight excluding hydrogens is 228 g/mol. The summed E-state index contributed by atoms with van der Waals surface area (Å²) in [5.41, 5.74) is 1.92. The Kier molecular flexibility index (Phi) is 2.73. The Bertz CT molecular complexity index is 432. The third-order valence-electron chi connectivity index (χ3n) is 3.72. The fourth-order valence-electron chi connectivity index (χ4n) is 2.40. The summed E-state index contributed by atoms with van der Waals surface area (Å²) in [6.07, 6.45) is 2.66. The lowest BCUT2D eigenvalue weighted by Gasteiger charge is -2.17. The molecule has 3 rings (SSSR count). The highest BCUT2D eigenvalue weighted by Crippen LogP contribution is 2.38. The molecule has 1 aliphatic heterocycles. The zero-order valence-corrected chi connectivity index (χ0v) is 11.0. The SMILES string of the molecule is CC1(C)OCC(c2ccc(CC3(O)CC3)cc2)O1. The third-order valence-corrected chi connectivity index (χ3v) is 3.72. The predicted molar refractivity (Wildman–Crippen MR) is 68.2 cm³/mol. The zero-order chi connectivity index (χ0) is 12.8. The average Bonchev–Trinajstić information content (AvgIpc) is 2.91. The van der Waals surface area contributed by atoms with E-state index in [1.807, 2.05) is 13.8 Å². The standard InChI is InChI=1S/C15H20O3/c1-14(2)17-10-13(18-14)12-5-3-11(4-6-12)9-15(16)7-8-15/h3-6,13,16H,7-10H2,1-2H3. The van der Waals surface area contributed by atoms with E-state index in [1.165, 1.54) is 5.56 Å². The van der Waals surface area contributed by atoms with Crippen LogP contribution in [0.4, 0.5) is 0 Å². The molecule has 1 heterocycles. The molecule has 1 aromatic carbocycles. The summed E-state index contributed by atoms with van der Waals surface area (Å²) >= 11 is 0. The first-order valence-electron chi connectivity index (χ1n) is 6.59. The smallest absolute Gasteiger partial charge is 0.163 e. The van der Waals surface area contributed by atoms with E-state index in [2.05, 4.69) is 24.3 Å². The molecule has 2 aliphatic rings. The van der Waals surface area contributed by atoms with E-state index in [0.29, 0.717) is 6.61 Å². The van der Waals surface area contributed by atoms with E-state index >= 15 is 0 Å². The van der Waals surface area contributed by atoms with E-state index in [4.69, 9.17) is 9.47 Å². The Morgan fingerprint density at radius 1 is 1.22 bits per heavy atom. The van der Waals surface area contributed by atoms with Crippen LogP contribution in [0.2, 0.25) is 0 Å². The molecule has 0 amide bonds. The lowest BCUT2D eigenvalue weighted by atomic mass is 10.0. The normalized spacial score (nSPS) is 28.3. The van der Waals surface area contributed by atoms with Crippen molar-refractivity contribution in [3.63, 3.8) is 0 Å². The van der Waals surface area contributed by atoms with Crippen LogP contribution in [0, 0.1) is 0 Å². The van der Waals surface area contributed by atoms with Gasteiger partial charge in [0.2, 0.25) is 0 Å². The third kappa shape index (κ3) is 2.58. The van der Waals surface area contributed by atoms with Gasteiger partial charge < -0.3 is 14.6 Å². The molecule has 1 unspecified atom stereocenters. The Labute approximate surface area is 108 Å². The molecule has 1 N–H and O–H groups in total. The van der Waals surface area contributed by atoms with E-state index in [9.17, 15) is 5.11 Å². The predicted octanol–water partition coefficient (Wildman–Crippen LogP) is 2.58. The first-order valence-corrected chi connectivity index (χ1v) is 6.59. The van der Waals surface area contributed by atoms with Crippen LogP contribution in [0.1, 0.15) is 43.9 Å². The highest BCUT2D eigenvalue weighted by Gasteiger charge is 2.40. The minimum Gasteiger partial charge on any atom is -0.390 e. The number of aliphatic hydroxyl groups is 1. The lowest BCUT2D eigenvalue weighted by Crippen LogP contribution is -2.19. The maximum Gasteiger partial charge on any atom is 0.163 e. The Morgan fingerprint density at radius 2 is 1.89 bits per heavy atom. The van der Waals surface area contributed by atoms with Crippen molar-refractivity contribution in [2.24, 2.45) is 0 Å². The van der Waals surface area contributed by atoms with Crippen LogP contribution in [0.25, 0.3) is 0 Å². The molecule has 1 atom stereocenters. The summed E-state index contributed by atoms with van der Waals surface area (Å²) in [6.45, 7) is 4.48. The number of ether oxygens (including phenoxy) is 2. The Morgan fingerprint density at radius 3 is 2.39 bits per heavy atom. The number of benzene rings is 1. The van der Waals surface area contributed by atoms with Gasteiger partial charge in [0.05, 0.1) is 12.2 Å². The van der Waals surface area contributed by atoms with Crippen LogP contribution in [0.3, 0.4) is 0 Å². The molecule has 0 aromatic heterocycles. The highest BCUT2D eigenvalue weighted by molar-refractivity contribution is 5.27. The van der Waals surface area contributed by atoms with Crippen LogP contribution < -0.4 is 0 Å². The first kappa shape index (κ1) is 12.2. The molecule has 1 saturated carbocycles. The summed E-state index contributed by atoms with van der Waals surface area (Å²) in [5, 5.41) is 9.89. The van der Waals surface area contributed by atoms with Gasteiger partial charge in [-0.1, -0.05) is 24.3 Å². The molecule has 0 bridgehead atoms. The summed E-state index contributed by atoms with van der Waals surface area (Å²) in [7, 11) is 0. The quantitative estimate of drug-likeness (QED) is 0.893. The van der Waals surface area contributed by atoms with Crippen LogP contribution in [-0.4, -0.2) is 23.1 Å². The molecular formula is C15H20O3. The largest absolute Gasteiger partial charge is 0.390 e. The molecule has 3 heteroatoms. The van der Waals surface area contributed by atoms with Crippen molar-refractivity contribution in [3.8, 4) is 0 Å². The van der Waals surface area contributed by atoms with E-state index in [1.54, 1.807) is 0 Å². The molecule has 98 valence electrons. The second-order valence-corrected chi connectivity index (χ2v) is 5.96. The van der Waals surface area contributed by atoms with E-state index in [-0.39, 0.29) is 6.10 Å². The second kappa shape index (κ2) is 4.05. The van der Waals surface area contributed by atoms with Gasteiger partial charge >= 0.3 is 0 Å². The maximum absolute atomic E-state index is 9.89. The lowest BCUT2D eigenvalue weighted by molar-refractivity contribution is -0.139. The van der Waals surface area contributed by atoms with Gasteiger partial charge in [0, 0.05) is 6.42 Å². The average molecular weight is 248 g/mol. The number of hydrogen-bond donors (Lipinski definition) is 1. The van der Waals surface area contributed by atoms with Gasteiger partial charge in [-0.15, -0.1) is 0 Å². The van der Waals surface area contributed by atoms with Crippen molar-refractivity contribution in [1.82, 2.24) is 0 Å². The van der Waals surface area contributed by atoms with Crippen molar-refractivity contribution in [1.29, 1.82) is 0 Å². The molecule has 2 fully saturated rings. The van der Waals surface area contributed by atoms with Gasteiger partial charge in [0.15, 0.2) is 5.79 Å². The monoisotopic (exact) mass is 248 g/mol. The number of hydrogen-bond acceptors (Lipinski definition) is 3. The Hall–Kier alpha value is -0.900. The van der Waals surface area contributed by atoms with Crippen molar-refractivity contribution >= 4 is 0 Å². The van der Waals surface area contributed by atoms with Gasteiger partial charge in [-0.05, 0) is 37.8 Å². The highest BCUT2D eigenvalue weighted by atomic mass is 16.7.